The topological polar surface area (TPSA) is 85.2 Å². The van der Waals surface area contributed by atoms with Crippen molar-refractivity contribution < 1.29 is 9.59 Å². The van der Waals surface area contributed by atoms with Crippen molar-refractivity contribution in [1.29, 1.82) is 0 Å². The van der Waals surface area contributed by atoms with Gasteiger partial charge in [-0.25, -0.2) is 4.68 Å². The maximum absolute atomic E-state index is 12.8. The van der Waals surface area contributed by atoms with Crippen molar-refractivity contribution in [2.75, 3.05) is 13.1 Å². The normalized spacial score (nSPS) is 16.9. The number of fused-ring (bicyclic) bond motifs is 1. The van der Waals surface area contributed by atoms with Crippen LogP contribution in [0.25, 0.3) is 10.8 Å². The Bertz CT molecular complexity index is 1080. The lowest BCUT2D eigenvalue weighted by Gasteiger charge is -2.32. The first-order valence-electron chi connectivity index (χ1n) is 9.31. The third-order valence-electron chi connectivity index (χ3n) is 5.11. The number of likely N-dealkylation sites (tertiary alicyclic amines) is 1. The highest BCUT2D eigenvalue weighted by molar-refractivity contribution is 5.96. The smallest absolute Gasteiger partial charge is 0.275 e. The number of rotatable bonds is 4. The Balaban J connectivity index is 1.48. The van der Waals surface area contributed by atoms with E-state index in [2.05, 4.69) is 10.1 Å². The third kappa shape index (κ3) is 3.55. The van der Waals surface area contributed by atoms with E-state index in [9.17, 15) is 14.4 Å². The van der Waals surface area contributed by atoms with Crippen molar-refractivity contribution in [2.24, 2.45) is 5.92 Å². The van der Waals surface area contributed by atoms with Crippen LogP contribution in [0.2, 0.25) is 0 Å². The minimum absolute atomic E-state index is 0.0425. The molecule has 3 heterocycles. The number of nitrogens with zero attached hydrogens (tertiary/aromatic N) is 4. The zero-order valence-corrected chi connectivity index (χ0v) is 15.3. The molecule has 4 rings (SSSR count). The maximum atomic E-state index is 12.8. The van der Waals surface area contributed by atoms with Crippen molar-refractivity contribution in [3.05, 3.63) is 70.9 Å². The number of benzene rings is 1. The van der Waals surface area contributed by atoms with Gasteiger partial charge in [0.05, 0.1) is 11.6 Å². The van der Waals surface area contributed by atoms with E-state index in [1.165, 1.54) is 4.68 Å². The summed E-state index contributed by atoms with van der Waals surface area (Å²) in [6.07, 6.45) is 4.66. The lowest BCUT2D eigenvalue weighted by Crippen LogP contribution is -2.45. The Morgan fingerprint density at radius 1 is 1.11 bits per heavy atom. The number of carbonyl (C=O) groups excluding carboxylic acids is 2. The van der Waals surface area contributed by atoms with E-state index in [1.807, 2.05) is 12.1 Å². The van der Waals surface area contributed by atoms with Crippen LogP contribution in [0.5, 0.6) is 0 Å². The average Bonchev–Trinajstić information content (AvgIpc) is 2.76. The monoisotopic (exact) mass is 376 g/mol. The summed E-state index contributed by atoms with van der Waals surface area (Å²) in [5, 5.41) is 5.40. The van der Waals surface area contributed by atoms with Crippen LogP contribution in [0.1, 0.15) is 23.3 Å². The molecule has 7 nitrogen and oxygen atoms in total. The van der Waals surface area contributed by atoms with Crippen LogP contribution in [0.15, 0.2) is 59.7 Å². The highest BCUT2D eigenvalue weighted by Gasteiger charge is 2.29. The van der Waals surface area contributed by atoms with Gasteiger partial charge in [-0.1, -0.05) is 24.3 Å². The molecule has 1 aliphatic heterocycles. The molecule has 1 aliphatic rings. The van der Waals surface area contributed by atoms with E-state index in [0.29, 0.717) is 24.2 Å². The van der Waals surface area contributed by atoms with Crippen molar-refractivity contribution in [1.82, 2.24) is 19.7 Å². The van der Waals surface area contributed by atoms with Gasteiger partial charge >= 0.3 is 0 Å². The molecule has 2 aromatic heterocycles. The number of carbonyl (C=O) groups is 2. The molecule has 0 N–H and O–H groups in total. The lowest BCUT2D eigenvalue weighted by molar-refractivity contribution is -0.133. The Labute approximate surface area is 161 Å². The first-order valence-corrected chi connectivity index (χ1v) is 9.31. The number of Topliss-reactive ketones (excluding diaryl/α,β-unsaturated/α-hetero) is 1. The molecular weight excluding hydrogens is 356 g/mol. The lowest BCUT2D eigenvalue weighted by atomic mass is 9.92. The SMILES string of the molecule is O=C(c1ccccn1)C1CCCN(C(=O)Cn2ncc3ccccc3c2=O)C1. The molecule has 3 aromatic rings. The summed E-state index contributed by atoms with van der Waals surface area (Å²) < 4.78 is 1.19. The Hall–Kier alpha value is -3.35. The summed E-state index contributed by atoms with van der Waals surface area (Å²) in [4.78, 5) is 43.8. The van der Waals surface area contributed by atoms with E-state index < -0.39 is 0 Å². The minimum atomic E-state index is -0.287. The van der Waals surface area contributed by atoms with Gasteiger partial charge in [0.2, 0.25) is 5.91 Å². The molecule has 0 radical (unpaired) electrons. The largest absolute Gasteiger partial charge is 0.340 e. The van der Waals surface area contributed by atoms with Gasteiger partial charge in [-0.2, -0.15) is 5.10 Å². The van der Waals surface area contributed by atoms with Gasteiger partial charge in [0.25, 0.3) is 5.56 Å². The van der Waals surface area contributed by atoms with Gasteiger partial charge in [0, 0.05) is 30.6 Å². The van der Waals surface area contributed by atoms with Crippen LogP contribution in [0.4, 0.5) is 0 Å². The average molecular weight is 376 g/mol. The van der Waals surface area contributed by atoms with E-state index in [0.717, 1.165) is 18.2 Å². The molecule has 0 aliphatic carbocycles. The van der Waals surface area contributed by atoms with E-state index in [-0.39, 0.29) is 29.7 Å². The summed E-state index contributed by atoms with van der Waals surface area (Å²) in [6, 6.07) is 12.4. The molecule has 1 saturated heterocycles. The molecule has 0 saturated carbocycles. The van der Waals surface area contributed by atoms with Crippen LogP contribution >= 0.6 is 0 Å². The molecule has 1 unspecified atom stereocenters. The Kier molecular flexibility index (Phi) is 4.97. The summed E-state index contributed by atoms with van der Waals surface area (Å²) >= 11 is 0. The summed E-state index contributed by atoms with van der Waals surface area (Å²) in [5.41, 5.74) is 0.138. The zero-order valence-electron chi connectivity index (χ0n) is 15.3. The van der Waals surface area contributed by atoms with Gasteiger partial charge in [-0.3, -0.25) is 19.4 Å². The second-order valence-corrected chi connectivity index (χ2v) is 6.95. The van der Waals surface area contributed by atoms with Crippen molar-refractivity contribution in [2.45, 2.75) is 19.4 Å². The highest BCUT2D eigenvalue weighted by atomic mass is 16.2. The summed E-state index contributed by atoms with van der Waals surface area (Å²) in [5.74, 6) is -0.517. The van der Waals surface area contributed by atoms with Gasteiger partial charge in [0.15, 0.2) is 5.78 Å². The Morgan fingerprint density at radius 3 is 2.75 bits per heavy atom. The molecule has 0 spiro atoms. The fourth-order valence-corrected chi connectivity index (χ4v) is 3.60. The zero-order chi connectivity index (χ0) is 19.5. The van der Waals surface area contributed by atoms with Crippen LogP contribution in [0, 0.1) is 5.92 Å². The van der Waals surface area contributed by atoms with Crippen molar-refractivity contribution in [3.8, 4) is 0 Å². The number of hydrogen-bond donors (Lipinski definition) is 0. The molecule has 1 amide bonds. The maximum Gasteiger partial charge on any atom is 0.275 e. The van der Waals surface area contributed by atoms with E-state index >= 15 is 0 Å². The molecule has 28 heavy (non-hydrogen) atoms. The third-order valence-corrected chi connectivity index (χ3v) is 5.11. The quantitative estimate of drug-likeness (QED) is 0.650. The summed E-state index contributed by atoms with van der Waals surface area (Å²) in [7, 11) is 0. The minimum Gasteiger partial charge on any atom is -0.340 e. The highest BCUT2D eigenvalue weighted by Crippen LogP contribution is 2.20. The molecule has 1 aromatic carbocycles. The molecule has 0 bridgehead atoms. The fourth-order valence-electron chi connectivity index (χ4n) is 3.60. The molecular formula is C21H20N4O3. The number of piperidine rings is 1. The van der Waals surface area contributed by atoms with Gasteiger partial charge in [0.1, 0.15) is 12.2 Å². The number of aromatic nitrogens is 3. The predicted octanol–water partition coefficient (Wildman–Crippen LogP) is 1.91. The van der Waals surface area contributed by atoms with Gasteiger partial charge < -0.3 is 4.90 Å². The number of hydrogen-bond acceptors (Lipinski definition) is 5. The number of pyridine rings is 1. The van der Waals surface area contributed by atoms with Crippen LogP contribution in [-0.4, -0.2) is 44.4 Å². The standard InChI is InChI=1S/C21H20N4O3/c26-19(14-25-21(28)17-8-2-1-6-15(17)12-23-25)24-11-5-7-16(13-24)20(27)18-9-3-4-10-22-18/h1-4,6,8-10,12,16H,5,7,11,13-14H2. The first-order chi connectivity index (χ1) is 13.6. The second kappa shape index (κ2) is 7.72. The van der Waals surface area contributed by atoms with Crippen LogP contribution in [-0.2, 0) is 11.3 Å². The number of ketones is 1. The molecule has 1 atom stereocenters. The Morgan fingerprint density at radius 2 is 1.93 bits per heavy atom. The van der Waals surface area contributed by atoms with Crippen molar-refractivity contribution >= 4 is 22.5 Å². The molecule has 1 fully saturated rings. The van der Waals surface area contributed by atoms with Crippen LogP contribution < -0.4 is 5.56 Å². The fraction of sp³-hybridized carbons (Fsp3) is 0.286. The number of amides is 1. The van der Waals surface area contributed by atoms with Crippen molar-refractivity contribution in [3.63, 3.8) is 0 Å². The van der Waals surface area contributed by atoms with E-state index in [4.69, 9.17) is 0 Å². The van der Waals surface area contributed by atoms with E-state index in [1.54, 1.807) is 47.6 Å². The van der Waals surface area contributed by atoms with Crippen LogP contribution in [0.3, 0.4) is 0 Å². The first kappa shape index (κ1) is 18.0. The predicted molar refractivity (Wildman–Crippen MR) is 104 cm³/mol. The van der Waals surface area contributed by atoms with Gasteiger partial charge in [-0.05, 0) is 31.0 Å². The second-order valence-electron chi connectivity index (χ2n) is 6.95. The molecule has 142 valence electrons. The van der Waals surface area contributed by atoms with Gasteiger partial charge in [-0.15, -0.1) is 0 Å². The molecule has 7 heteroatoms. The summed E-state index contributed by atoms with van der Waals surface area (Å²) in [6.45, 7) is 0.790.